The molecule has 0 radical (unpaired) electrons. The topological polar surface area (TPSA) is 51.0 Å². The molecule has 2 aromatic heterocycles. The second-order valence-corrected chi connectivity index (χ2v) is 6.51. The van der Waals surface area contributed by atoms with E-state index in [0.717, 1.165) is 5.56 Å². The number of hydrogen-bond donors (Lipinski definition) is 0. The molecule has 1 amide bonds. The average Bonchev–Trinajstić information content (AvgIpc) is 3.07. The van der Waals surface area contributed by atoms with Crippen LogP contribution in [0, 0.1) is 5.82 Å². The van der Waals surface area contributed by atoms with Crippen molar-refractivity contribution in [3.63, 3.8) is 0 Å². The van der Waals surface area contributed by atoms with E-state index in [1.165, 1.54) is 6.07 Å². The van der Waals surface area contributed by atoms with E-state index in [9.17, 15) is 9.18 Å². The SMILES string of the molecule is CC(C)N(Cc1ccc(F)c(-c2cccnc2)c1)C(=O)c1cn(C)cn1. The molecular weight excluding hydrogens is 331 g/mol. The van der Waals surface area contributed by atoms with Crippen LogP contribution in [-0.4, -0.2) is 31.4 Å². The van der Waals surface area contributed by atoms with Crippen molar-refractivity contribution in [2.24, 2.45) is 7.05 Å². The van der Waals surface area contributed by atoms with Gasteiger partial charge in [-0.05, 0) is 37.6 Å². The minimum atomic E-state index is -0.311. The Balaban J connectivity index is 1.89. The van der Waals surface area contributed by atoms with Crippen molar-refractivity contribution in [1.29, 1.82) is 0 Å². The number of benzene rings is 1. The summed E-state index contributed by atoms with van der Waals surface area (Å²) in [6.45, 7) is 4.28. The normalized spacial score (nSPS) is 11.0. The Morgan fingerprint density at radius 3 is 2.73 bits per heavy atom. The number of imidazole rings is 1. The minimum absolute atomic E-state index is 0.0172. The smallest absolute Gasteiger partial charge is 0.274 e. The van der Waals surface area contributed by atoms with Gasteiger partial charge >= 0.3 is 0 Å². The number of pyridine rings is 1. The van der Waals surface area contributed by atoms with Gasteiger partial charge in [0.2, 0.25) is 0 Å². The van der Waals surface area contributed by atoms with Gasteiger partial charge in [0.1, 0.15) is 11.5 Å². The van der Waals surface area contributed by atoms with Gasteiger partial charge in [-0.2, -0.15) is 0 Å². The Bertz CT molecular complexity index is 905. The zero-order valence-electron chi connectivity index (χ0n) is 15.1. The van der Waals surface area contributed by atoms with Crippen LogP contribution in [0.1, 0.15) is 29.9 Å². The fourth-order valence-corrected chi connectivity index (χ4v) is 2.77. The highest BCUT2D eigenvalue weighted by Crippen LogP contribution is 2.24. The molecule has 3 aromatic rings. The third-order valence-electron chi connectivity index (χ3n) is 4.16. The van der Waals surface area contributed by atoms with Gasteiger partial charge in [0.05, 0.1) is 6.33 Å². The van der Waals surface area contributed by atoms with E-state index in [1.54, 1.807) is 52.6 Å². The summed E-state index contributed by atoms with van der Waals surface area (Å²) < 4.78 is 16.0. The second kappa shape index (κ2) is 7.47. The Morgan fingerprint density at radius 1 is 1.31 bits per heavy atom. The van der Waals surface area contributed by atoms with Crippen LogP contribution in [0.3, 0.4) is 0 Å². The summed E-state index contributed by atoms with van der Waals surface area (Å²) in [5.74, 6) is -0.457. The lowest BCUT2D eigenvalue weighted by Gasteiger charge is -2.26. The molecule has 6 heteroatoms. The van der Waals surface area contributed by atoms with Crippen LogP contribution in [0.5, 0.6) is 0 Å². The van der Waals surface area contributed by atoms with Crippen LogP contribution in [0.2, 0.25) is 0 Å². The van der Waals surface area contributed by atoms with Crippen molar-refractivity contribution in [2.75, 3.05) is 0 Å². The van der Waals surface area contributed by atoms with Crippen molar-refractivity contribution in [3.05, 3.63) is 72.3 Å². The van der Waals surface area contributed by atoms with Crippen LogP contribution in [0.15, 0.2) is 55.2 Å². The number of aryl methyl sites for hydroxylation is 1. The lowest BCUT2D eigenvalue weighted by atomic mass is 10.0. The van der Waals surface area contributed by atoms with Crippen molar-refractivity contribution < 1.29 is 9.18 Å². The Kier molecular flexibility index (Phi) is 5.11. The minimum Gasteiger partial charge on any atom is -0.340 e. The van der Waals surface area contributed by atoms with E-state index >= 15 is 0 Å². The molecule has 1 aromatic carbocycles. The lowest BCUT2D eigenvalue weighted by molar-refractivity contribution is 0.0684. The maximum atomic E-state index is 14.3. The van der Waals surface area contributed by atoms with Gasteiger partial charge in [-0.1, -0.05) is 12.1 Å². The molecule has 0 unspecified atom stereocenters. The molecule has 0 atom stereocenters. The Hall–Kier alpha value is -3.02. The van der Waals surface area contributed by atoms with Gasteiger partial charge in [0.25, 0.3) is 5.91 Å². The fourth-order valence-electron chi connectivity index (χ4n) is 2.77. The predicted octanol–water partition coefficient (Wildman–Crippen LogP) is 3.67. The van der Waals surface area contributed by atoms with Gasteiger partial charge in [-0.3, -0.25) is 9.78 Å². The standard InChI is InChI=1S/C20H21FN4O/c1-14(2)25(20(26)19-12-24(3)13-23-19)11-15-6-7-18(21)17(9-15)16-5-4-8-22-10-16/h4-10,12-14H,11H2,1-3H3. The zero-order chi connectivity index (χ0) is 18.7. The van der Waals surface area contributed by atoms with Crippen LogP contribution in [0.25, 0.3) is 11.1 Å². The van der Waals surface area contributed by atoms with E-state index in [0.29, 0.717) is 23.4 Å². The van der Waals surface area contributed by atoms with Gasteiger partial charge in [-0.15, -0.1) is 0 Å². The number of rotatable bonds is 5. The van der Waals surface area contributed by atoms with E-state index in [2.05, 4.69) is 9.97 Å². The Labute approximate surface area is 152 Å². The molecule has 3 rings (SSSR count). The molecule has 0 saturated heterocycles. The van der Waals surface area contributed by atoms with Gasteiger partial charge in [0, 0.05) is 49.4 Å². The quantitative estimate of drug-likeness (QED) is 0.704. The van der Waals surface area contributed by atoms with Crippen molar-refractivity contribution in [3.8, 4) is 11.1 Å². The molecule has 0 spiro atoms. The molecule has 0 fully saturated rings. The molecule has 0 aliphatic heterocycles. The first-order valence-electron chi connectivity index (χ1n) is 8.43. The van der Waals surface area contributed by atoms with Crippen LogP contribution >= 0.6 is 0 Å². The highest BCUT2D eigenvalue weighted by molar-refractivity contribution is 5.92. The number of aromatic nitrogens is 3. The van der Waals surface area contributed by atoms with E-state index in [1.807, 2.05) is 27.0 Å². The molecule has 0 saturated carbocycles. The van der Waals surface area contributed by atoms with Crippen molar-refractivity contribution in [1.82, 2.24) is 19.4 Å². The average molecular weight is 352 g/mol. The summed E-state index contributed by atoms with van der Waals surface area (Å²) >= 11 is 0. The van der Waals surface area contributed by atoms with Gasteiger partial charge in [-0.25, -0.2) is 9.37 Å². The molecule has 0 N–H and O–H groups in total. The largest absolute Gasteiger partial charge is 0.340 e. The molecular formula is C20H21FN4O. The Morgan fingerprint density at radius 2 is 2.12 bits per heavy atom. The summed E-state index contributed by atoms with van der Waals surface area (Å²) in [5.41, 5.74) is 2.43. The molecule has 134 valence electrons. The molecule has 0 aliphatic carbocycles. The lowest BCUT2D eigenvalue weighted by Crippen LogP contribution is -2.36. The van der Waals surface area contributed by atoms with Gasteiger partial charge in [0.15, 0.2) is 0 Å². The molecule has 5 nitrogen and oxygen atoms in total. The first kappa shape index (κ1) is 17.8. The predicted molar refractivity (Wildman–Crippen MR) is 97.8 cm³/mol. The monoisotopic (exact) mass is 352 g/mol. The summed E-state index contributed by atoms with van der Waals surface area (Å²) in [6, 6.07) is 8.47. The van der Waals surface area contributed by atoms with Crippen LogP contribution in [0.4, 0.5) is 4.39 Å². The number of amides is 1. The van der Waals surface area contributed by atoms with Crippen molar-refractivity contribution >= 4 is 5.91 Å². The summed E-state index contributed by atoms with van der Waals surface area (Å²) in [7, 11) is 1.82. The number of carbonyl (C=O) groups excluding carboxylic acids is 1. The molecule has 0 bridgehead atoms. The fraction of sp³-hybridized carbons (Fsp3) is 0.250. The highest BCUT2D eigenvalue weighted by atomic mass is 19.1. The first-order valence-corrected chi connectivity index (χ1v) is 8.43. The van der Waals surface area contributed by atoms with Crippen LogP contribution < -0.4 is 0 Å². The second-order valence-electron chi connectivity index (χ2n) is 6.51. The molecule has 2 heterocycles. The summed E-state index contributed by atoms with van der Waals surface area (Å²) in [6.07, 6.45) is 6.58. The first-order chi connectivity index (χ1) is 12.5. The summed E-state index contributed by atoms with van der Waals surface area (Å²) in [4.78, 5) is 22.7. The number of nitrogens with zero attached hydrogens (tertiary/aromatic N) is 4. The van der Waals surface area contributed by atoms with Crippen molar-refractivity contribution in [2.45, 2.75) is 26.4 Å². The van der Waals surface area contributed by atoms with Gasteiger partial charge < -0.3 is 9.47 Å². The highest BCUT2D eigenvalue weighted by Gasteiger charge is 2.21. The number of halogens is 1. The van der Waals surface area contributed by atoms with E-state index in [4.69, 9.17) is 0 Å². The van der Waals surface area contributed by atoms with E-state index in [-0.39, 0.29) is 17.8 Å². The zero-order valence-corrected chi connectivity index (χ0v) is 15.1. The van der Waals surface area contributed by atoms with E-state index < -0.39 is 0 Å². The summed E-state index contributed by atoms with van der Waals surface area (Å²) in [5, 5.41) is 0. The maximum absolute atomic E-state index is 14.3. The maximum Gasteiger partial charge on any atom is 0.274 e. The number of carbonyl (C=O) groups is 1. The van der Waals surface area contributed by atoms with Crippen LogP contribution in [-0.2, 0) is 13.6 Å². The molecule has 26 heavy (non-hydrogen) atoms. The number of hydrogen-bond acceptors (Lipinski definition) is 3. The third-order valence-corrected chi connectivity index (χ3v) is 4.16. The third kappa shape index (κ3) is 3.79. The molecule has 0 aliphatic rings.